The zero-order chi connectivity index (χ0) is 27.6. The Morgan fingerprint density at radius 2 is 1.61 bits per heavy atom. The van der Waals surface area contributed by atoms with Crippen molar-refractivity contribution in [3.8, 4) is 5.75 Å². The Bertz CT molecular complexity index is 1080. The average molecular weight is 522 g/mol. The van der Waals surface area contributed by atoms with Gasteiger partial charge >= 0.3 is 0 Å². The predicted molar refractivity (Wildman–Crippen MR) is 154 cm³/mol. The minimum atomic E-state index is -0.640. The van der Waals surface area contributed by atoms with Gasteiger partial charge in [0.2, 0.25) is 5.91 Å². The molecular formula is C32H47N3O3. The van der Waals surface area contributed by atoms with Crippen LogP contribution in [0.5, 0.6) is 5.75 Å². The smallest absolute Gasteiger partial charge is 0.220 e. The fraction of sp³-hybridized carbons (Fsp3) is 0.594. The third kappa shape index (κ3) is 6.35. The number of benzene rings is 2. The molecular weight excluding hydrogens is 474 g/mol. The fourth-order valence-corrected chi connectivity index (χ4v) is 7.05. The Hall–Kier alpha value is -2.57. The van der Waals surface area contributed by atoms with Crippen LogP contribution in [-0.4, -0.2) is 43.9 Å². The molecule has 6 nitrogen and oxygen atoms in total. The maximum Gasteiger partial charge on any atom is 0.220 e. The Balaban J connectivity index is 1.45. The van der Waals surface area contributed by atoms with Crippen molar-refractivity contribution in [1.29, 1.82) is 0 Å². The first-order valence-electron chi connectivity index (χ1n) is 14.1. The van der Waals surface area contributed by atoms with E-state index < -0.39 is 5.60 Å². The summed E-state index contributed by atoms with van der Waals surface area (Å²) in [6.07, 6.45) is 4.91. The lowest BCUT2D eigenvalue weighted by Crippen LogP contribution is -2.51. The summed E-state index contributed by atoms with van der Waals surface area (Å²) in [4.78, 5) is 15.1. The maximum absolute atomic E-state index is 13.0. The summed E-state index contributed by atoms with van der Waals surface area (Å²) in [6, 6.07) is 16.9. The molecule has 2 aromatic carbocycles. The van der Waals surface area contributed by atoms with E-state index >= 15 is 0 Å². The van der Waals surface area contributed by atoms with E-state index in [0.717, 1.165) is 50.0 Å². The SMILES string of the molecule is COc1ccc(CNC(=O)CCC23CCC(C)(O)CC2C(C)(C)CC3NCc2ccc(N(C)C)cc2)cc1. The summed E-state index contributed by atoms with van der Waals surface area (Å²) < 4.78 is 5.23. The molecule has 6 heteroatoms. The van der Waals surface area contributed by atoms with Gasteiger partial charge in [0.15, 0.2) is 0 Å². The van der Waals surface area contributed by atoms with Crippen molar-refractivity contribution >= 4 is 11.6 Å². The topological polar surface area (TPSA) is 73.8 Å². The number of anilines is 1. The second-order valence-electron chi connectivity index (χ2n) is 12.8. The highest BCUT2D eigenvalue weighted by Crippen LogP contribution is 2.63. The third-order valence-electron chi connectivity index (χ3n) is 9.31. The molecule has 1 amide bonds. The van der Waals surface area contributed by atoms with Gasteiger partial charge in [-0.25, -0.2) is 0 Å². The van der Waals surface area contributed by atoms with Crippen LogP contribution in [0.25, 0.3) is 0 Å². The molecule has 0 saturated heterocycles. The lowest BCUT2D eigenvalue weighted by Gasteiger charge is -2.51. The summed E-state index contributed by atoms with van der Waals surface area (Å²) >= 11 is 0. The van der Waals surface area contributed by atoms with Crippen LogP contribution in [0.1, 0.15) is 70.4 Å². The molecule has 0 spiro atoms. The Labute approximate surface area is 229 Å². The van der Waals surface area contributed by atoms with Crippen LogP contribution in [0.4, 0.5) is 5.69 Å². The molecule has 4 rings (SSSR count). The number of rotatable bonds is 10. The fourth-order valence-electron chi connectivity index (χ4n) is 7.05. The largest absolute Gasteiger partial charge is 0.497 e. The highest BCUT2D eigenvalue weighted by molar-refractivity contribution is 5.76. The van der Waals surface area contributed by atoms with E-state index in [9.17, 15) is 9.90 Å². The first-order valence-corrected chi connectivity index (χ1v) is 14.1. The summed E-state index contributed by atoms with van der Waals surface area (Å²) in [6.45, 7) is 8.02. The van der Waals surface area contributed by atoms with Gasteiger partial charge in [0.25, 0.3) is 0 Å². The van der Waals surface area contributed by atoms with E-state index in [-0.39, 0.29) is 16.7 Å². The van der Waals surface area contributed by atoms with E-state index in [1.54, 1.807) is 7.11 Å². The van der Waals surface area contributed by atoms with Gasteiger partial charge < -0.3 is 25.4 Å². The van der Waals surface area contributed by atoms with Gasteiger partial charge in [-0.1, -0.05) is 38.1 Å². The van der Waals surface area contributed by atoms with E-state index in [1.807, 2.05) is 31.2 Å². The van der Waals surface area contributed by atoms with Crippen molar-refractivity contribution in [2.75, 3.05) is 26.1 Å². The number of carbonyl (C=O) groups is 1. The van der Waals surface area contributed by atoms with E-state index in [1.165, 1.54) is 11.3 Å². The van der Waals surface area contributed by atoms with Crippen LogP contribution in [-0.2, 0) is 17.9 Å². The maximum atomic E-state index is 13.0. The van der Waals surface area contributed by atoms with Crippen molar-refractivity contribution in [2.24, 2.45) is 16.7 Å². The molecule has 2 aromatic rings. The molecule has 4 atom stereocenters. The molecule has 0 aliphatic heterocycles. The summed E-state index contributed by atoms with van der Waals surface area (Å²) in [5.41, 5.74) is 2.97. The van der Waals surface area contributed by atoms with Gasteiger partial charge in [0.05, 0.1) is 12.7 Å². The van der Waals surface area contributed by atoms with Gasteiger partial charge in [-0.05, 0) is 91.2 Å². The van der Waals surface area contributed by atoms with Gasteiger partial charge in [-0.2, -0.15) is 0 Å². The number of nitrogens with zero attached hydrogens (tertiary/aromatic N) is 1. The normalized spacial score (nSPS) is 28.0. The number of amides is 1. The van der Waals surface area contributed by atoms with Crippen molar-refractivity contribution < 1.29 is 14.6 Å². The number of nitrogens with one attached hydrogen (secondary N) is 2. The van der Waals surface area contributed by atoms with Crippen LogP contribution in [0.2, 0.25) is 0 Å². The van der Waals surface area contributed by atoms with E-state index in [4.69, 9.17) is 4.74 Å². The van der Waals surface area contributed by atoms with Gasteiger partial charge in [-0.15, -0.1) is 0 Å². The first-order chi connectivity index (χ1) is 17.9. The summed E-state index contributed by atoms with van der Waals surface area (Å²) in [7, 11) is 5.77. The third-order valence-corrected chi connectivity index (χ3v) is 9.31. The second-order valence-corrected chi connectivity index (χ2v) is 12.8. The average Bonchev–Trinajstić information content (AvgIpc) is 3.10. The van der Waals surface area contributed by atoms with Crippen molar-refractivity contribution in [1.82, 2.24) is 10.6 Å². The van der Waals surface area contributed by atoms with Crippen molar-refractivity contribution in [3.63, 3.8) is 0 Å². The molecule has 0 heterocycles. The summed E-state index contributed by atoms with van der Waals surface area (Å²) in [5, 5.41) is 18.1. The zero-order valence-corrected chi connectivity index (χ0v) is 24.1. The van der Waals surface area contributed by atoms with Crippen molar-refractivity contribution in [3.05, 3.63) is 59.7 Å². The zero-order valence-electron chi connectivity index (χ0n) is 24.1. The number of fused-ring (bicyclic) bond motifs is 1. The number of hydrogen-bond donors (Lipinski definition) is 3. The number of aliphatic hydroxyl groups is 1. The minimum absolute atomic E-state index is 0.00717. The molecule has 2 aliphatic rings. The predicted octanol–water partition coefficient (Wildman–Crippen LogP) is 5.28. The van der Waals surface area contributed by atoms with Gasteiger partial charge in [0, 0.05) is 45.3 Å². The highest BCUT2D eigenvalue weighted by Gasteiger charge is 2.61. The number of hydrogen-bond acceptors (Lipinski definition) is 5. The number of carbonyl (C=O) groups excluding carboxylic acids is 1. The molecule has 208 valence electrons. The second kappa shape index (κ2) is 11.3. The van der Waals surface area contributed by atoms with Crippen LogP contribution < -0.4 is 20.3 Å². The molecule has 38 heavy (non-hydrogen) atoms. The standard InChI is InChI=1S/C32H47N3O3/c1-30(2)20-28(33-21-23-7-11-25(12-8-23)35(4)5)32(18-17-31(3,37)19-27(30)32)16-15-29(36)34-22-24-9-13-26(38-6)14-10-24/h7-14,27-28,33,37H,15-22H2,1-6H3,(H,34,36). The first kappa shape index (κ1) is 28.4. The summed E-state index contributed by atoms with van der Waals surface area (Å²) in [5.74, 6) is 1.27. The lowest BCUT2D eigenvalue weighted by molar-refractivity contribution is -0.123. The number of ether oxygens (including phenoxy) is 1. The van der Waals surface area contributed by atoms with Gasteiger partial charge in [-0.3, -0.25) is 4.79 Å². The molecule has 2 fully saturated rings. The van der Waals surface area contributed by atoms with E-state index in [0.29, 0.717) is 24.9 Å². The molecule has 2 saturated carbocycles. The van der Waals surface area contributed by atoms with Crippen LogP contribution in [0.3, 0.4) is 0 Å². The van der Waals surface area contributed by atoms with Gasteiger partial charge in [0.1, 0.15) is 5.75 Å². The quantitative estimate of drug-likeness (QED) is 0.397. The molecule has 4 unspecified atom stereocenters. The highest BCUT2D eigenvalue weighted by atomic mass is 16.5. The van der Waals surface area contributed by atoms with Crippen LogP contribution >= 0.6 is 0 Å². The van der Waals surface area contributed by atoms with Crippen LogP contribution in [0, 0.1) is 16.7 Å². The molecule has 2 aliphatic carbocycles. The van der Waals surface area contributed by atoms with Crippen LogP contribution in [0.15, 0.2) is 48.5 Å². The number of methoxy groups -OCH3 is 1. The monoisotopic (exact) mass is 521 g/mol. The Morgan fingerprint density at radius 1 is 0.974 bits per heavy atom. The molecule has 0 aromatic heterocycles. The molecule has 0 bridgehead atoms. The molecule has 3 N–H and O–H groups in total. The van der Waals surface area contributed by atoms with E-state index in [2.05, 4.69) is 67.7 Å². The van der Waals surface area contributed by atoms with Crippen molar-refractivity contribution in [2.45, 2.75) is 84.0 Å². The minimum Gasteiger partial charge on any atom is -0.497 e. The Kier molecular flexibility index (Phi) is 8.43. The molecule has 0 radical (unpaired) electrons. The Morgan fingerprint density at radius 3 is 2.24 bits per heavy atom. The lowest BCUT2D eigenvalue weighted by atomic mass is 9.57.